The first kappa shape index (κ1) is 10.6. The molecule has 0 radical (unpaired) electrons. The molecule has 0 bridgehead atoms. The Balaban J connectivity index is 2.21. The summed E-state index contributed by atoms with van der Waals surface area (Å²) in [5.41, 5.74) is 0. The van der Waals surface area contributed by atoms with Gasteiger partial charge in [0, 0.05) is 23.7 Å². The van der Waals surface area contributed by atoms with Crippen LogP contribution in [0.3, 0.4) is 0 Å². The molecule has 0 aliphatic rings. The van der Waals surface area contributed by atoms with E-state index in [9.17, 15) is 0 Å². The molecule has 74 valence electrons. The van der Waals surface area contributed by atoms with Crippen LogP contribution in [0.2, 0.25) is 0 Å². The predicted octanol–water partition coefficient (Wildman–Crippen LogP) is 1.64. The summed E-state index contributed by atoms with van der Waals surface area (Å²) < 4.78 is 0.298. The van der Waals surface area contributed by atoms with Gasteiger partial charge in [0.05, 0.1) is 6.54 Å². The summed E-state index contributed by atoms with van der Waals surface area (Å²) in [6.07, 6.45) is 5.75. The zero-order chi connectivity index (χ0) is 9.73. The fourth-order valence-corrected chi connectivity index (χ4v) is 1.20. The van der Waals surface area contributed by atoms with E-state index in [1.165, 1.54) is 0 Å². The van der Waals surface area contributed by atoms with Crippen LogP contribution >= 0.6 is 11.8 Å². The third kappa shape index (κ3) is 3.83. The van der Waals surface area contributed by atoms with E-state index in [0.29, 0.717) is 4.75 Å². The van der Waals surface area contributed by atoms with Crippen molar-refractivity contribution in [2.75, 3.05) is 12.8 Å². The van der Waals surface area contributed by atoms with Gasteiger partial charge in [-0.2, -0.15) is 11.8 Å². The Morgan fingerprint density at radius 1 is 1.62 bits per heavy atom. The highest BCUT2D eigenvalue weighted by atomic mass is 32.2. The minimum Gasteiger partial charge on any atom is -0.348 e. The normalized spacial score (nSPS) is 11.9. The van der Waals surface area contributed by atoms with Crippen molar-refractivity contribution < 1.29 is 0 Å². The second kappa shape index (κ2) is 4.67. The van der Waals surface area contributed by atoms with Crippen LogP contribution in [-0.2, 0) is 6.54 Å². The van der Waals surface area contributed by atoms with Gasteiger partial charge in [0.1, 0.15) is 5.82 Å². The molecule has 0 spiro atoms. The predicted molar refractivity (Wildman–Crippen MR) is 57.9 cm³/mol. The Hall–Kier alpha value is -0.480. The molecule has 0 saturated heterocycles. The average Bonchev–Trinajstić information content (AvgIpc) is 2.57. The molecule has 4 heteroatoms. The summed E-state index contributed by atoms with van der Waals surface area (Å²) in [6.45, 7) is 6.27. The summed E-state index contributed by atoms with van der Waals surface area (Å²) in [5, 5.41) is 3.36. The maximum absolute atomic E-state index is 4.14. The topological polar surface area (TPSA) is 40.7 Å². The number of nitrogens with zero attached hydrogens (tertiary/aromatic N) is 1. The number of H-pyrrole nitrogens is 1. The van der Waals surface area contributed by atoms with Crippen LogP contribution < -0.4 is 5.32 Å². The molecule has 3 nitrogen and oxygen atoms in total. The van der Waals surface area contributed by atoms with Crippen molar-refractivity contribution in [2.24, 2.45) is 0 Å². The average molecular weight is 199 g/mol. The molecule has 1 aromatic rings. The van der Waals surface area contributed by atoms with Crippen LogP contribution in [0.4, 0.5) is 0 Å². The molecular weight excluding hydrogens is 182 g/mol. The second-order valence-electron chi connectivity index (χ2n) is 3.60. The van der Waals surface area contributed by atoms with E-state index in [-0.39, 0.29) is 0 Å². The maximum atomic E-state index is 4.14. The van der Waals surface area contributed by atoms with Crippen LogP contribution in [0.1, 0.15) is 19.7 Å². The highest BCUT2D eigenvalue weighted by Crippen LogP contribution is 2.19. The number of aromatic nitrogens is 2. The highest BCUT2D eigenvalue weighted by Gasteiger charge is 2.14. The van der Waals surface area contributed by atoms with E-state index >= 15 is 0 Å². The number of hydrogen-bond donors (Lipinski definition) is 2. The minimum absolute atomic E-state index is 0.298. The van der Waals surface area contributed by atoms with Gasteiger partial charge in [0.25, 0.3) is 0 Å². The SMILES string of the molecule is CSC(C)(C)CNCc1ncc[nH]1. The number of thioether (sulfide) groups is 1. The molecule has 0 fully saturated rings. The van der Waals surface area contributed by atoms with Crippen molar-refractivity contribution in [1.82, 2.24) is 15.3 Å². The van der Waals surface area contributed by atoms with Gasteiger partial charge in [-0.05, 0) is 20.1 Å². The molecule has 0 aliphatic carbocycles. The lowest BCUT2D eigenvalue weighted by Gasteiger charge is -2.21. The highest BCUT2D eigenvalue weighted by molar-refractivity contribution is 7.99. The molecule has 0 aromatic carbocycles. The molecule has 0 atom stereocenters. The molecule has 0 amide bonds. The number of hydrogen-bond acceptors (Lipinski definition) is 3. The Labute approximate surface area is 83.7 Å². The fraction of sp³-hybridized carbons (Fsp3) is 0.667. The van der Waals surface area contributed by atoms with Crippen molar-refractivity contribution in [1.29, 1.82) is 0 Å². The molecule has 13 heavy (non-hydrogen) atoms. The third-order valence-corrected chi connectivity index (χ3v) is 3.20. The molecule has 0 saturated carbocycles. The van der Waals surface area contributed by atoms with Gasteiger partial charge in [-0.1, -0.05) is 0 Å². The van der Waals surface area contributed by atoms with Crippen molar-refractivity contribution in [3.63, 3.8) is 0 Å². The van der Waals surface area contributed by atoms with E-state index in [4.69, 9.17) is 0 Å². The zero-order valence-electron chi connectivity index (χ0n) is 8.42. The number of rotatable bonds is 5. The number of aromatic amines is 1. The van der Waals surface area contributed by atoms with E-state index in [1.807, 2.05) is 18.0 Å². The molecule has 1 aromatic heterocycles. The van der Waals surface area contributed by atoms with E-state index in [1.54, 1.807) is 6.20 Å². The molecule has 1 rings (SSSR count). The standard InChI is InChI=1S/C9H17N3S/c1-9(2,13-3)7-10-6-8-11-4-5-12-8/h4-5,10H,6-7H2,1-3H3,(H,11,12). The first-order valence-corrected chi connectivity index (χ1v) is 5.61. The summed E-state index contributed by atoms with van der Waals surface area (Å²) in [4.78, 5) is 7.20. The summed E-state index contributed by atoms with van der Waals surface area (Å²) in [6, 6.07) is 0. The molecule has 2 N–H and O–H groups in total. The van der Waals surface area contributed by atoms with Crippen LogP contribution in [0.25, 0.3) is 0 Å². The Kier molecular flexibility index (Phi) is 3.81. The smallest absolute Gasteiger partial charge is 0.120 e. The van der Waals surface area contributed by atoms with Gasteiger partial charge < -0.3 is 10.3 Å². The van der Waals surface area contributed by atoms with Gasteiger partial charge in [-0.25, -0.2) is 4.98 Å². The monoisotopic (exact) mass is 199 g/mol. The van der Waals surface area contributed by atoms with Crippen LogP contribution in [0.15, 0.2) is 12.4 Å². The first-order chi connectivity index (χ1) is 6.14. The van der Waals surface area contributed by atoms with E-state index in [2.05, 4.69) is 35.4 Å². The summed E-state index contributed by atoms with van der Waals surface area (Å²) >= 11 is 1.87. The van der Waals surface area contributed by atoms with Crippen LogP contribution in [0, 0.1) is 0 Å². The maximum Gasteiger partial charge on any atom is 0.120 e. The zero-order valence-corrected chi connectivity index (χ0v) is 9.24. The van der Waals surface area contributed by atoms with Crippen molar-refractivity contribution in [3.05, 3.63) is 18.2 Å². The molecular formula is C9H17N3S. The molecule has 1 heterocycles. The number of imidazole rings is 1. The quantitative estimate of drug-likeness (QED) is 0.757. The minimum atomic E-state index is 0.298. The Morgan fingerprint density at radius 2 is 2.38 bits per heavy atom. The fourth-order valence-electron chi connectivity index (χ4n) is 0.949. The lowest BCUT2D eigenvalue weighted by atomic mass is 10.2. The second-order valence-corrected chi connectivity index (χ2v) is 5.12. The van der Waals surface area contributed by atoms with Gasteiger partial charge in [-0.3, -0.25) is 0 Å². The largest absolute Gasteiger partial charge is 0.348 e. The van der Waals surface area contributed by atoms with Crippen LogP contribution in [-0.4, -0.2) is 27.5 Å². The lowest BCUT2D eigenvalue weighted by Crippen LogP contribution is -2.31. The first-order valence-electron chi connectivity index (χ1n) is 4.38. The van der Waals surface area contributed by atoms with Crippen molar-refractivity contribution in [2.45, 2.75) is 25.1 Å². The Morgan fingerprint density at radius 3 is 2.92 bits per heavy atom. The van der Waals surface area contributed by atoms with Gasteiger partial charge in [-0.15, -0.1) is 0 Å². The Bertz CT molecular complexity index is 231. The summed E-state index contributed by atoms with van der Waals surface area (Å²) in [7, 11) is 0. The lowest BCUT2D eigenvalue weighted by molar-refractivity contribution is 0.580. The van der Waals surface area contributed by atoms with Gasteiger partial charge in [0.15, 0.2) is 0 Å². The molecule has 0 unspecified atom stereocenters. The van der Waals surface area contributed by atoms with Crippen LogP contribution in [0.5, 0.6) is 0 Å². The van der Waals surface area contributed by atoms with E-state index in [0.717, 1.165) is 18.9 Å². The van der Waals surface area contributed by atoms with Gasteiger partial charge >= 0.3 is 0 Å². The van der Waals surface area contributed by atoms with Gasteiger partial charge in [0.2, 0.25) is 0 Å². The summed E-state index contributed by atoms with van der Waals surface area (Å²) in [5.74, 6) is 0.997. The van der Waals surface area contributed by atoms with Crippen molar-refractivity contribution >= 4 is 11.8 Å². The number of nitrogens with one attached hydrogen (secondary N) is 2. The van der Waals surface area contributed by atoms with E-state index < -0.39 is 0 Å². The molecule has 0 aliphatic heterocycles. The third-order valence-electron chi connectivity index (χ3n) is 1.95. The van der Waals surface area contributed by atoms with Crippen molar-refractivity contribution in [3.8, 4) is 0 Å².